The Hall–Kier alpha value is -0.950. The van der Waals surface area contributed by atoms with E-state index < -0.39 is 10.0 Å². The molecule has 1 saturated heterocycles. The summed E-state index contributed by atoms with van der Waals surface area (Å²) in [6.07, 6.45) is 10.5. The Balaban J connectivity index is 1.54. The first kappa shape index (κ1) is 21.3. The highest BCUT2D eigenvalue weighted by atomic mass is 32.2. The summed E-state index contributed by atoms with van der Waals surface area (Å²) >= 11 is 0. The van der Waals surface area contributed by atoms with E-state index in [-0.39, 0.29) is 0 Å². The SMILES string of the molecule is CN1CCC[C@H]1CCN(CC1CCCCC1)S(=O)(=O)c1ccc2c(c1)CNCC2. The highest BCUT2D eigenvalue weighted by molar-refractivity contribution is 7.89. The Morgan fingerprint density at radius 2 is 1.93 bits per heavy atom. The highest BCUT2D eigenvalue weighted by Crippen LogP contribution is 2.29. The van der Waals surface area contributed by atoms with Gasteiger partial charge >= 0.3 is 0 Å². The van der Waals surface area contributed by atoms with Crippen molar-refractivity contribution in [3.8, 4) is 0 Å². The second kappa shape index (κ2) is 9.46. The van der Waals surface area contributed by atoms with E-state index in [9.17, 15) is 8.42 Å². The fourth-order valence-electron chi connectivity index (χ4n) is 5.37. The molecule has 0 amide bonds. The van der Waals surface area contributed by atoms with Crippen LogP contribution in [0.4, 0.5) is 0 Å². The molecule has 1 atom stereocenters. The van der Waals surface area contributed by atoms with Gasteiger partial charge in [0.1, 0.15) is 0 Å². The third-order valence-electron chi connectivity index (χ3n) is 7.27. The molecule has 1 N–H and O–H groups in total. The molecule has 1 saturated carbocycles. The highest BCUT2D eigenvalue weighted by Gasteiger charge is 2.30. The smallest absolute Gasteiger partial charge is 0.243 e. The number of benzene rings is 1. The molecule has 0 radical (unpaired) electrons. The Bertz CT molecular complexity index is 789. The van der Waals surface area contributed by atoms with Crippen LogP contribution in [-0.2, 0) is 23.0 Å². The number of likely N-dealkylation sites (tertiary alicyclic amines) is 1. The van der Waals surface area contributed by atoms with Crippen LogP contribution < -0.4 is 5.32 Å². The maximum absolute atomic E-state index is 13.7. The van der Waals surface area contributed by atoms with E-state index in [0.29, 0.717) is 29.9 Å². The Morgan fingerprint density at radius 3 is 2.69 bits per heavy atom. The van der Waals surface area contributed by atoms with Crippen molar-refractivity contribution in [2.24, 2.45) is 5.92 Å². The summed E-state index contributed by atoms with van der Waals surface area (Å²) in [5, 5.41) is 3.37. The quantitative estimate of drug-likeness (QED) is 0.736. The van der Waals surface area contributed by atoms with E-state index in [0.717, 1.165) is 38.0 Å². The minimum absolute atomic E-state index is 0.482. The van der Waals surface area contributed by atoms with E-state index in [1.165, 1.54) is 50.5 Å². The van der Waals surface area contributed by atoms with Crippen LogP contribution in [0.2, 0.25) is 0 Å². The molecule has 2 heterocycles. The van der Waals surface area contributed by atoms with Gasteiger partial charge in [0.05, 0.1) is 4.90 Å². The third kappa shape index (κ3) is 5.04. The first-order chi connectivity index (χ1) is 14.0. The van der Waals surface area contributed by atoms with Gasteiger partial charge in [-0.05, 0) is 87.8 Å². The fourth-order valence-corrected chi connectivity index (χ4v) is 6.95. The minimum Gasteiger partial charge on any atom is -0.312 e. The van der Waals surface area contributed by atoms with Crippen LogP contribution in [0.15, 0.2) is 23.1 Å². The van der Waals surface area contributed by atoms with Crippen LogP contribution in [0.25, 0.3) is 0 Å². The van der Waals surface area contributed by atoms with Gasteiger partial charge in [-0.15, -0.1) is 0 Å². The summed E-state index contributed by atoms with van der Waals surface area (Å²) in [6.45, 7) is 4.21. The molecular weight excluding hydrogens is 382 g/mol. The number of hydrogen-bond acceptors (Lipinski definition) is 4. The molecular formula is C23H37N3O2S. The number of nitrogens with one attached hydrogen (secondary N) is 1. The molecule has 0 bridgehead atoms. The van der Waals surface area contributed by atoms with Crippen molar-refractivity contribution in [3.63, 3.8) is 0 Å². The lowest BCUT2D eigenvalue weighted by Crippen LogP contribution is -2.39. The van der Waals surface area contributed by atoms with Crippen molar-refractivity contribution in [1.29, 1.82) is 0 Å². The van der Waals surface area contributed by atoms with Gasteiger partial charge in [-0.2, -0.15) is 4.31 Å². The van der Waals surface area contributed by atoms with Crippen molar-refractivity contribution in [2.45, 2.75) is 75.3 Å². The van der Waals surface area contributed by atoms with Crippen molar-refractivity contribution < 1.29 is 8.42 Å². The Kier molecular flexibility index (Phi) is 6.94. The summed E-state index contributed by atoms with van der Waals surface area (Å²) in [4.78, 5) is 2.88. The fraction of sp³-hybridized carbons (Fsp3) is 0.739. The molecule has 162 valence electrons. The van der Waals surface area contributed by atoms with Gasteiger partial charge in [0.25, 0.3) is 0 Å². The molecule has 4 rings (SSSR count). The van der Waals surface area contributed by atoms with Crippen LogP contribution in [-0.4, -0.2) is 56.9 Å². The minimum atomic E-state index is -3.46. The van der Waals surface area contributed by atoms with Crippen molar-refractivity contribution >= 4 is 10.0 Å². The predicted octanol–water partition coefficient (Wildman–Crippen LogP) is 3.39. The molecule has 6 heteroatoms. The second-order valence-corrected chi connectivity index (χ2v) is 11.2. The molecule has 0 unspecified atom stereocenters. The molecule has 1 aromatic rings. The molecule has 1 aliphatic carbocycles. The van der Waals surface area contributed by atoms with Crippen LogP contribution in [0.3, 0.4) is 0 Å². The van der Waals surface area contributed by atoms with Crippen LogP contribution >= 0.6 is 0 Å². The monoisotopic (exact) mass is 419 g/mol. The van der Waals surface area contributed by atoms with Gasteiger partial charge < -0.3 is 10.2 Å². The topological polar surface area (TPSA) is 52.7 Å². The molecule has 0 aromatic heterocycles. The van der Waals surface area contributed by atoms with Crippen LogP contribution in [0, 0.1) is 5.92 Å². The standard InChI is InChI=1S/C23H37N3O2S/c1-25-14-5-8-22(25)12-15-26(18-19-6-3-2-4-7-19)29(27,28)23-10-9-20-11-13-24-17-21(20)16-23/h9-10,16,19,22,24H,2-8,11-15,17-18H2,1H3/t22-/m0/s1. The number of hydrogen-bond donors (Lipinski definition) is 1. The molecule has 2 fully saturated rings. The number of fused-ring (bicyclic) bond motifs is 1. The zero-order valence-electron chi connectivity index (χ0n) is 17.9. The first-order valence-corrected chi connectivity index (χ1v) is 13.0. The van der Waals surface area contributed by atoms with E-state index in [1.807, 2.05) is 22.5 Å². The number of nitrogens with zero attached hydrogens (tertiary/aromatic N) is 2. The maximum Gasteiger partial charge on any atom is 0.243 e. The maximum atomic E-state index is 13.7. The molecule has 1 aromatic carbocycles. The normalized spacial score (nSPS) is 24.1. The van der Waals surface area contributed by atoms with Crippen molar-refractivity contribution in [3.05, 3.63) is 29.3 Å². The summed E-state index contributed by atoms with van der Waals surface area (Å²) in [6, 6.07) is 6.32. The van der Waals surface area contributed by atoms with Gasteiger partial charge in [0, 0.05) is 25.7 Å². The Labute approximate surface area is 176 Å². The molecule has 3 aliphatic rings. The largest absolute Gasteiger partial charge is 0.312 e. The van der Waals surface area contributed by atoms with Crippen molar-refractivity contribution in [1.82, 2.24) is 14.5 Å². The zero-order valence-corrected chi connectivity index (χ0v) is 18.7. The van der Waals surface area contributed by atoms with Gasteiger partial charge in [0.15, 0.2) is 0 Å². The van der Waals surface area contributed by atoms with Gasteiger partial charge in [-0.25, -0.2) is 8.42 Å². The third-order valence-corrected chi connectivity index (χ3v) is 9.13. The van der Waals surface area contributed by atoms with Crippen molar-refractivity contribution in [2.75, 3.05) is 33.2 Å². The predicted molar refractivity (Wildman–Crippen MR) is 117 cm³/mol. The summed E-state index contributed by atoms with van der Waals surface area (Å²) < 4.78 is 29.2. The lowest BCUT2D eigenvalue weighted by atomic mass is 9.89. The molecule has 0 spiro atoms. The molecule has 29 heavy (non-hydrogen) atoms. The van der Waals surface area contributed by atoms with Gasteiger partial charge in [-0.1, -0.05) is 25.3 Å². The van der Waals surface area contributed by atoms with E-state index in [1.54, 1.807) is 0 Å². The lowest BCUT2D eigenvalue weighted by molar-refractivity contribution is 0.244. The zero-order chi connectivity index (χ0) is 20.3. The average molecular weight is 420 g/mol. The summed E-state index contributed by atoms with van der Waals surface area (Å²) in [7, 11) is -1.28. The van der Waals surface area contributed by atoms with Crippen LogP contribution in [0.1, 0.15) is 62.5 Å². The van der Waals surface area contributed by atoms with Gasteiger partial charge in [-0.3, -0.25) is 0 Å². The first-order valence-electron chi connectivity index (χ1n) is 11.6. The van der Waals surface area contributed by atoms with Gasteiger partial charge in [0.2, 0.25) is 10.0 Å². The van der Waals surface area contributed by atoms with Crippen LogP contribution in [0.5, 0.6) is 0 Å². The molecule has 2 aliphatic heterocycles. The number of sulfonamides is 1. The second-order valence-electron chi connectivity index (χ2n) is 9.29. The van der Waals surface area contributed by atoms with E-state index in [4.69, 9.17) is 0 Å². The van der Waals surface area contributed by atoms with E-state index >= 15 is 0 Å². The van der Waals surface area contributed by atoms with E-state index in [2.05, 4.69) is 17.3 Å². The Morgan fingerprint density at radius 1 is 1.10 bits per heavy atom. The average Bonchev–Trinajstić information content (AvgIpc) is 3.16. The lowest BCUT2D eigenvalue weighted by Gasteiger charge is -2.31. The molecule has 5 nitrogen and oxygen atoms in total. The summed E-state index contributed by atoms with van der Waals surface area (Å²) in [5.41, 5.74) is 2.43. The number of rotatable bonds is 7. The summed E-state index contributed by atoms with van der Waals surface area (Å²) in [5.74, 6) is 0.513.